The summed E-state index contributed by atoms with van der Waals surface area (Å²) in [7, 11) is -1.70. The highest BCUT2D eigenvalue weighted by molar-refractivity contribution is 8.00. The number of methoxy groups -OCH3 is 1. The molecular formula is C33H46N2O9S2. The summed E-state index contributed by atoms with van der Waals surface area (Å²) >= 11 is 1.51. The third-order valence-electron chi connectivity index (χ3n) is 8.20. The number of benzene rings is 2. The number of aliphatic carboxylic acids is 2. The van der Waals surface area contributed by atoms with Crippen molar-refractivity contribution < 1.29 is 42.5 Å². The van der Waals surface area contributed by atoms with Crippen LogP contribution in [0.1, 0.15) is 65.2 Å². The van der Waals surface area contributed by atoms with E-state index in [2.05, 4.69) is 16.7 Å². The molecule has 1 atom stereocenters. The number of ether oxygens (including phenoxy) is 2. The highest BCUT2D eigenvalue weighted by atomic mass is 32.2. The Morgan fingerprint density at radius 2 is 1.67 bits per heavy atom. The highest BCUT2D eigenvalue weighted by Crippen LogP contribution is 2.51. The van der Waals surface area contributed by atoms with Crippen molar-refractivity contribution in [3.05, 3.63) is 36.4 Å². The SMILES string of the molecule is CCCCCCC(=O)OC(C)C1CCN(CCCN2c3cc(OC)ccc3Sc3c2cccc3S(C)(=O)=O)CC1.O=C(O)C(=O)O. The van der Waals surface area contributed by atoms with Crippen LogP contribution in [0.4, 0.5) is 11.4 Å². The first-order valence-electron chi connectivity index (χ1n) is 15.7. The molecule has 1 unspecified atom stereocenters. The van der Waals surface area contributed by atoms with Crippen molar-refractivity contribution >= 4 is 50.9 Å². The van der Waals surface area contributed by atoms with Gasteiger partial charge in [-0.3, -0.25) is 4.79 Å². The molecule has 1 saturated heterocycles. The van der Waals surface area contributed by atoms with Crippen molar-refractivity contribution in [1.82, 2.24) is 4.90 Å². The standard InChI is InChI=1S/C31H44N2O5S2.C2H2O4/c1-5-6-7-8-13-30(34)38-23(2)24-16-20-32(21-17-24)18-10-19-33-26-11-9-12-29(40(4,35)36)31(26)39-28-15-14-25(37-3)22-27(28)33;3-1(4)2(5)6/h9,11-12,14-15,22-24H,5-8,10,13,16-21H2,1-4H3;(H,3,4)(H,5,6). The highest BCUT2D eigenvalue weighted by Gasteiger charge is 2.30. The molecule has 254 valence electrons. The first kappa shape index (κ1) is 37.2. The van der Waals surface area contributed by atoms with Crippen LogP contribution in [0.25, 0.3) is 0 Å². The van der Waals surface area contributed by atoms with Crippen LogP contribution in [0, 0.1) is 5.92 Å². The molecule has 0 saturated carbocycles. The van der Waals surface area contributed by atoms with Crippen LogP contribution in [0.3, 0.4) is 0 Å². The number of piperidine rings is 1. The minimum atomic E-state index is -3.36. The van der Waals surface area contributed by atoms with Crippen LogP contribution >= 0.6 is 11.8 Å². The monoisotopic (exact) mass is 678 g/mol. The van der Waals surface area contributed by atoms with Gasteiger partial charge >= 0.3 is 17.9 Å². The number of esters is 1. The van der Waals surface area contributed by atoms with Crippen molar-refractivity contribution in [2.45, 2.75) is 86.0 Å². The summed E-state index contributed by atoms with van der Waals surface area (Å²) in [6, 6.07) is 11.5. The summed E-state index contributed by atoms with van der Waals surface area (Å²) in [5, 5.41) is 14.8. The maximum Gasteiger partial charge on any atom is 0.414 e. The Kier molecular flexibility index (Phi) is 14.2. The smallest absolute Gasteiger partial charge is 0.414 e. The maximum atomic E-state index is 12.6. The molecule has 2 aromatic rings. The second kappa shape index (κ2) is 17.6. The van der Waals surface area contributed by atoms with Gasteiger partial charge in [-0.25, -0.2) is 18.0 Å². The number of anilines is 2. The lowest BCUT2D eigenvalue weighted by Gasteiger charge is -2.36. The van der Waals surface area contributed by atoms with Crippen molar-refractivity contribution in [2.24, 2.45) is 5.92 Å². The molecule has 4 rings (SSSR count). The number of carboxylic acids is 2. The Morgan fingerprint density at radius 3 is 2.28 bits per heavy atom. The van der Waals surface area contributed by atoms with Crippen molar-refractivity contribution in [3.8, 4) is 5.75 Å². The summed E-state index contributed by atoms with van der Waals surface area (Å²) in [6.07, 6.45) is 9.14. The number of nitrogens with zero attached hydrogens (tertiary/aromatic N) is 2. The van der Waals surface area contributed by atoms with Crippen LogP contribution in [-0.4, -0.2) is 87.1 Å². The fraction of sp³-hybridized carbons (Fsp3) is 0.545. The fourth-order valence-electron chi connectivity index (χ4n) is 5.67. The fourth-order valence-corrected chi connectivity index (χ4v) is 8.10. The van der Waals surface area contributed by atoms with Gasteiger partial charge in [0.1, 0.15) is 11.9 Å². The second-order valence-electron chi connectivity index (χ2n) is 11.6. The molecule has 0 spiro atoms. The molecule has 0 aromatic heterocycles. The lowest BCUT2D eigenvalue weighted by Crippen LogP contribution is -2.39. The topological polar surface area (TPSA) is 151 Å². The van der Waals surface area contributed by atoms with E-state index in [1.54, 1.807) is 13.2 Å². The van der Waals surface area contributed by atoms with Crippen LogP contribution in [-0.2, 0) is 29.0 Å². The molecule has 2 aliphatic heterocycles. The largest absolute Gasteiger partial charge is 0.497 e. The second-order valence-corrected chi connectivity index (χ2v) is 14.6. The van der Waals surface area contributed by atoms with E-state index in [0.29, 0.717) is 17.2 Å². The Bertz CT molecular complexity index is 1450. The number of carbonyl (C=O) groups is 3. The number of sulfone groups is 1. The number of fused-ring (bicyclic) bond motifs is 2. The van der Waals surface area contributed by atoms with Crippen molar-refractivity contribution in [2.75, 3.05) is 44.4 Å². The van der Waals surface area contributed by atoms with E-state index < -0.39 is 21.8 Å². The first-order valence-corrected chi connectivity index (χ1v) is 18.4. The number of carbonyl (C=O) groups excluding carboxylic acids is 1. The van der Waals surface area contributed by atoms with Crippen molar-refractivity contribution in [1.29, 1.82) is 0 Å². The van der Waals surface area contributed by atoms with Crippen molar-refractivity contribution in [3.63, 3.8) is 0 Å². The van der Waals surface area contributed by atoms with Gasteiger partial charge in [0.2, 0.25) is 0 Å². The van der Waals surface area contributed by atoms with Gasteiger partial charge in [-0.15, -0.1) is 0 Å². The molecule has 11 nitrogen and oxygen atoms in total. The molecule has 2 aromatic carbocycles. The van der Waals surface area contributed by atoms with Gasteiger partial charge in [-0.05, 0) is 82.4 Å². The Morgan fingerprint density at radius 1 is 0.978 bits per heavy atom. The van der Waals surface area contributed by atoms with Gasteiger partial charge in [0.25, 0.3) is 0 Å². The Balaban J connectivity index is 0.000000875. The van der Waals surface area contributed by atoms with E-state index in [1.165, 1.54) is 30.9 Å². The third kappa shape index (κ3) is 10.6. The number of likely N-dealkylation sites (tertiary alicyclic amines) is 1. The molecule has 46 heavy (non-hydrogen) atoms. The maximum absolute atomic E-state index is 12.6. The van der Waals surface area contributed by atoms with E-state index in [9.17, 15) is 13.2 Å². The third-order valence-corrected chi connectivity index (χ3v) is 10.7. The normalized spacial score (nSPS) is 15.5. The zero-order valence-corrected chi connectivity index (χ0v) is 28.7. The summed E-state index contributed by atoms with van der Waals surface area (Å²) in [5.41, 5.74) is 1.98. The molecule has 0 amide bonds. The lowest BCUT2D eigenvalue weighted by atomic mass is 9.92. The molecule has 0 radical (unpaired) electrons. The minimum absolute atomic E-state index is 0.0290. The van der Waals surface area contributed by atoms with E-state index in [-0.39, 0.29) is 12.1 Å². The predicted molar refractivity (Wildman–Crippen MR) is 177 cm³/mol. The van der Waals surface area contributed by atoms with Gasteiger partial charge in [0.05, 0.1) is 28.3 Å². The zero-order valence-electron chi connectivity index (χ0n) is 27.1. The van der Waals surface area contributed by atoms with Gasteiger partial charge in [-0.1, -0.05) is 44.0 Å². The molecule has 1 fully saturated rings. The van der Waals surface area contributed by atoms with Crippen LogP contribution in [0.15, 0.2) is 51.1 Å². The number of rotatable bonds is 13. The van der Waals surface area contributed by atoms with Gasteiger partial charge < -0.3 is 29.5 Å². The molecule has 2 N–H and O–H groups in total. The van der Waals surface area contributed by atoms with E-state index in [1.807, 2.05) is 37.3 Å². The van der Waals surface area contributed by atoms with E-state index >= 15 is 0 Å². The summed E-state index contributed by atoms with van der Waals surface area (Å²) in [5.74, 6) is -2.51. The van der Waals surface area contributed by atoms with E-state index in [4.69, 9.17) is 29.3 Å². The molecular weight excluding hydrogens is 633 g/mol. The Hall–Kier alpha value is -3.29. The van der Waals surface area contributed by atoms with Gasteiger partial charge in [-0.2, -0.15) is 0 Å². The number of hydrogen-bond acceptors (Lipinski definition) is 10. The molecule has 13 heteroatoms. The zero-order chi connectivity index (χ0) is 33.9. The van der Waals surface area contributed by atoms with Crippen LogP contribution < -0.4 is 9.64 Å². The summed E-state index contributed by atoms with van der Waals surface area (Å²) < 4.78 is 36.4. The number of unbranched alkanes of at least 4 members (excludes halogenated alkanes) is 3. The quantitative estimate of drug-likeness (QED) is 0.148. The van der Waals surface area contributed by atoms with E-state index in [0.717, 1.165) is 85.2 Å². The lowest BCUT2D eigenvalue weighted by molar-refractivity contribution is -0.159. The average Bonchev–Trinajstić information content (AvgIpc) is 3.02. The molecule has 0 bridgehead atoms. The molecule has 2 aliphatic rings. The van der Waals surface area contributed by atoms with Gasteiger partial charge in [0, 0.05) is 30.2 Å². The van der Waals surface area contributed by atoms with Crippen LogP contribution in [0.5, 0.6) is 5.75 Å². The molecule has 0 aliphatic carbocycles. The summed E-state index contributed by atoms with van der Waals surface area (Å²) in [6.45, 7) is 7.95. The first-order chi connectivity index (χ1) is 21.8. The summed E-state index contributed by atoms with van der Waals surface area (Å²) in [4.78, 5) is 37.4. The minimum Gasteiger partial charge on any atom is -0.497 e. The number of carboxylic acid groups (broad SMARTS) is 2. The van der Waals surface area contributed by atoms with Gasteiger partial charge in [0.15, 0.2) is 9.84 Å². The number of hydrogen-bond donors (Lipinski definition) is 2. The average molecular weight is 679 g/mol. The predicted octanol–water partition coefficient (Wildman–Crippen LogP) is 5.86. The molecule has 2 heterocycles. The Labute approximate surface area is 276 Å². The van der Waals surface area contributed by atoms with Crippen LogP contribution in [0.2, 0.25) is 0 Å².